The van der Waals surface area contributed by atoms with Crippen molar-refractivity contribution in [2.45, 2.75) is 19.8 Å². The summed E-state index contributed by atoms with van der Waals surface area (Å²) < 4.78 is 34.9. The smallest absolute Gasteiger partial charge is 0.200 e. The molecule has 0 saturated heterocycles. The van der Waals surface area contributed by atoms with Crippen LogP contribution >= 0.6 is 0 Å². The number of fused-ring (bicyclic) bond motifs is 1. The number of hydrogen-bond donors (Lipinski definition) is 0. The van der Waals surface area contributed by atoms with Crippen molar-refractivity contribution in [1.29, 1.82) is 0 Å². The highest BCUT2D eigenvalue weighted by atomic mass is 19.2. The number of hydrogen-bond acceptors (Lipinski definition) is 5. The van der Waals surface area contributed by atoms with Crippen molar-refractivity contribution in [3.63, 3.8) is 0 Å². The lowest BCUT2D eigenvalue weighted by molar-refractivity contribution is 0.372. The van der Waals surface area contributed by atoms with Gasteiger partial charge in [-0.25, -0.2) is 9.37 Å². The molecule has 0 N–H and O–H groups in total. The molecule has 0 aliphatic heterocycles. The first kappa shape index (κ1) is 20.7. The van der Waals surface area contributed by atoms with Crippen LogP contribution in [0, 0.1) is 11.6 Å². The number of halogens is 2. The van der Waals surface area contributed by atoms with Gasteiger partial charge >= 0.3 is 0 Å². The second-order valence-electron chi connectivity index (χ2n) is 7.28. The van der Waals surface area contributed by atoms with Crippen LogP contribution < -0.4 is 9.64 Å². The highest BCUT2D eigenvalue weighted by Crippen LogP contribution is 2.33. The van der Waals surface area contributed by atoms with Gasteiger partial charge in [0.1, 0.15) is 0 Å². The molecule has 31 heavy (non-hydrogen) atoms. The van der Waals surface area contributed by atoms with Crippen molar-refractivity contribution in [2.75, 3.05) is 18.6 Å². The Morgan fingerprint density at radius 3 is 2.61 bits per heavy atom. The number of unbranched alkanes of at least 4 members (excludes halogenated alkanes) is 1. The van der Waals surface area contributed by atoms with Crippen LogP contribution in [0.4, 0.5) is 20.2 Å². The first-order chi connectivity index (χ1) is 15.0. The van der Waals surface area contributed by atoms with Crippen LogP contribution in [0.5, 0.6) is 5.75 Å². The van der Waals surface area contributed by atoms with E-state index >= 15 is 0 Å². The summed E-state index contributed by atoms with van der Waals surface area (Å²) in [6.07, 6.45) is 7.16. The molecule has 0 unspecified atom stereocenters. The number of anilines is 2. The van der Waals surface area contributed by atoms with Gasteiger partial charge in [-0.05, 0) is 24.6 Å². The molecule has 0 atom stereocenters. The van der Waals surface area contributed by atoms with Crippen LogP contribution in [0.3, 0.4) is 0 Å². The van der Waals surface area contributed by atoms with Crippen LogP contribution in [0.2, 0.25) is 0 Å². The molecule has 0 amide bonds. The van der Waals surface area contributed by atoms with Crippen LogP contribution in [0.1, 0.15) is 19.8 Å². The zero-order valence-electron chi connectivity index (χ0n) is 17.6. The highest BCUT2D eigenvalue weighted by molar-refractivity contribution is 5.82. The van der Waals surface area contributed by atoms with Gasteiger partial charge in [0, 0.05) is 48.9 Å². The fourth-order valence-electron chi connectivity index (χ4n) is 3.44. The van der Waals surface area contributed by atoms with E-state index in [1.54, 1.807) is 17.1 Å². The first-order valence-corrected chi connectivity index (χ1v) is 10.1. The van der Waals surface area contributed by atoms with Crippen molar-refractivity contribution in [3.05, 3.63) is 60.6 Å². The number of methoxy groups -OCH3 is 1. The Morgan fingerprint density at radius 2 is 1.90 bits per heavy atom. The third-order valence-electron chi connectivity index (χ3n) is 5.08. The molecule has 4 rings (SSSR count). The van der Waals surface area contributed by atoms with Gasteiger partial charge in [-0.1, -0.05) is 13.3 Å². The molecule has 0 aliphatic carbocycles. The predicted molar refractivity (Wildman–Crippen MR) is 117 cm³/mol. The van der Waals surface area contributed by atoms with Gasteiger partial charge in [0.15, 0.2) is 11.6 Å². The van der Waals surface area contributed by atoms with E-state index in [2.05, 4.69) is 17.0 Å². The molecule has 0 radical (unpaired) electrons. The van der Waals surface area contributed by atoms with Crippen LogP contribution in [-0.2, 0) is 7.05 Å². The maximum atomic E-state index is 14.2. The molecule has 0 spiro atoms. The highest BCUT2D eigenvalue weighted by Gasteiger charge is 2.17. The van der Waals surface area contributed by atoms with Crippen molar-refractivity contribution >= 4 is 22.4 Å². The van der Waals surface area contributed by atoms with E-state index in [4.69, 9.17) is 9.72 Å². The second kappa shape index (κ2) is 8.67. The maximum Gasteiger partial charge on any atom is 0.200 e. The van der Waals surface area contributed by atoms with E-state index in [0.717, 1.165) is 29.6 Å². The Kier molecular flexibility index (Phi) is 5.79. The lowest BCUT2D eigenvalue weighted by Crippen LogP contribution is -2.19. The van der Waals surface area contributed by atoms with Crippen LogP contribution in [-0.4, -0.2) is 33.4 Å². The normalized spacial score (nSPS) is 11.1. The lowest BCUT2D eigenvalue weighted by Gasteiger charge is -2.26. The van der Waals surface area contributed by atoms with Gasteiger partial charge < -0.3 is 9.64 Å². The van der Waals surface area contributed by atoms with Gasteiger partial charge in [0.25, 0.3) is 0 Å². The Balaban J connectivity index is 1.79. The molecule has 0 bridgehead atoms. The largest absolute Gasteiger partial charge is 0.493 e. The molecule has 0 aliphatic rings. The molecule has 6 nitrogen and oxygen atoms in total. The van der Waals surface area contributed by atoms with E-state index < -0.39 is 11.6 Å². The third-order valence-corrected chi connectivity index (χ3v) is 5.08. The van der Waals surface area contributed by atoms with Crippen LogP contribution in [0.15, 0.2) is 48.9 Å². The second-order valence-corrected chi connectivity index (χ2v) is 7.28. The number of rotatable bonds is 7. The minimum absolute atomic E-state index is 0.129. The monoisotopic (exact) mass is 423 g/mol. The molecule has 2 heterocycles. The molecular formula is C23H23F2N5O. The quantitative estimate of drug-likeness (QED) is 0.406. The van der Waals surface area contributed by atoms with E-state index in [9.17, 15) is 8.78 Å². The number of nitrogens with zero attached hydrogens (tertiary/aromatic N) is 5. The van der Waals surface area contributed by atoms with Gasteiger partial charge in [0.05, 0.1) is 36.2 Å². The summed E-state index contributed by atoms with van der Waals surface area (Å²) in [7, 11) is 3.17. The average molecular weight is 423 g/mol. The molecule has 0 saturated carbocycles. The molecule has 2 aromatic heterocycles. The van der Waals surface area contributed by atoms with Gasteiger partial charge in [-0.3, -0.25) is 9.67 Å². The Hall–Kier alpha value is -3.55. The minimum atomic E-state index is -0.993. The fourth-order valence-corrected chi connectivity index (χ4v) is 3.44. The van der Waals surface area contributed by atoms with Crippen LogP contribution in [0.25, 0.3) is 22.3 Å². The first-order valence-electron chi connectivity index (χ1n) is 10.1. The third kappa shape index (κ3) is 4.19. The summed E-state index contributed by atoms with van der Waals surface area (Å²) >= 11 is 0. The number of aryl methyl sites for hydroxylation is 1. The zero-order valence-corrected chi connectivity index (χ0v) is 17.6. The summed E-state index contributed by atoms with van der Waals surface area (Å²) in [5.41, 5.74) is 4.36. The molecule has 4 aromatic rings. The predicted octanol–water partition coefficient (Wildman–Crippen LogP) is 5.26. The molecule has 8 heteroatoms. The molecular weight excluding hydrogens is 400 g/mol. The lowest BCUT2D eigenvalue weighted by atomic mass is 10.1. The number of aromatic nitrogens is 4. The summed E-state index contributed by atoms with van der Waals surface area (Å²) in [5, 5.41) is 4.19. The van der Waals surface area contributed by atoms with Gasteiger partial charge in [-0.2, -0.15) is 9.49 Å². The van der Waals surface area contributed by atoms with Gasteiger partial charge in [-0.15, -0.1) is 0 Å². The minimum Gasteiger partial charge on any atom is -0.493 e. The van der Waals surface area contributed by atoms with Crippen molar-refractivity contribution in [2.24, 2.45) is 7.05 Å². The molecule has 0 fully saturated rings. The van der Waals surface area contributed by atoms with Crippen molar-refractivity contribution in [1.82, 2.24) is 19.7 Å². The Bertz CT molecular complexity index is 1220. The summed E-state index contributed by atoms with van der Waals surface area (Å²) in [4.78, 5) is 11.2. The van der Waals surface area contributed by atoms with Crippen molar-refractivity contribution in [3.8, 4) is 17.0 Å². The summed E-state index contributed by atoms with van der Waals surface area (Å²) in [5.74, 6) is -2.07. The molecule has 160 valence electrons. The summed E-state index contributed by atoms with van der Waals surface area (Å²) in [6, 6.07) is 8.39. The Labute approximate surface area is 179 Å². The van der Waals surface area contributed by atoms with Gasteiger partial charge in [0.2, 0.25) is 5.82 Å². The van der Waals surface area contributed by atoms with E-state index in [-0.39, 0.29) is 5.75 Å². The maximum absolute atomic E-state index is 14.2. The SMILES string of the molecule is CCCCN(c1cc(F)c(F)c(OC)c1)c1ccc2ncc(-c3cnn(C)c3)nc2c1. The van der Waals surface area contributed by atoms with E-state index in [1.165, 1.54) is 19.2 Å². The topological polar surface area (TPSA) is 56.1 Å². The zero-order chi connectivity index (χ0) is 22.0. The Morgan fingerprint density at radius 1 is 1.06 bits per heavy atom. The average Bonchev–Trinajstić information content (AvgIpc) is 3.22. The number of benzene rings is 2. The van der Waals surface area contributed by atoms with E-state index in [1.807, 2.05) is 36.3 Å². The summed E-state index contributed by atoms with van der Waals surface area (Å²) in [6.45, 7) is 2.71. The standard InChI is InChI=1S/C23H23F2N5O/c1-4-5-8-30(17-9-18(24)23(25)22(11-17)31-3)16-6-7-19-20(10-16)28-21(13-26-19)15-12-27-29(2)14-15/h6-7,9-14H,4-5,8H2,1-3H3. The van der Waals surface area contributed by atoms with E-state index in [0.29, 0.717) is 23.4 Å². The van der Waals surface area contributed by atoms with Crippen molar-refractivity contribution < 1.29 is 13.5 Å². The number of ether oxygens (including phenoxy) is 1. The fraction of sp³-hybridized carbons (Fsp3) is 0.261. The molecule has 2 aromatic carbocycles.